The molecule has 1 atom stereocenters. The highest BCUT2D eigenvalue weighted by molar-refractivity contribution is 6.30. The van der Waals surface area contributed by atoms with E-state index in [1.54, 1.807) is 35.2 Å². The molecule has 0 spiro atoms. The number of hydrogen-bond acceptors (Lipinski definition) is 4. The Hall–Kier alpha value is -3.17. The first-order valence-electron chi connectivity index (χ1n) is 11.4. The van der Waals surface area contributed by atoms with Crippen LogP contribution in [0.4, 0.5) is 5.69 Å². The molecular weight excluding hydrogens is 438 g/mol. The normalized spacial score (nSPS) is 18.9. The summed E-state index contributed by atoms with van der Waals surface area (Å²) in [4.78, 5) is 42.6. The summed E-state index contributed by atoms with van der Waals surface area (Å²) in [6.07, 6.45) is 5.29. The SMILES string of the molecule is N#Cc1ccc(N2C(=O)CC(N(CCc3cccc(Cl)c3)C(=O)C3CCCCC3)C2=O)cc1. The van der Waals surface area contributed by atoms with Gasteiger partial charge < -0.3 is 4.90 Å². The van der Waals surface area contributed by atoms with Crippen molar-refractivity contribution in [3.63, 3.8) is 0 Å². The highest BCUT2D eigenvalue weighted by Crippen LogP contribution is 2.30. The lowest BCUT2D eigenvalue weighted by atomic mass is 9.87. The molecule has 1 heterocycles. The third kappa shape index (κ3) is 5.09. The summed E-state index contributed by atoms with van der Waals surface area (Å²) in [6.45, 7) is 0.348. The van der Waals surface area contributed by atoms with Gasteiger partial charge >= 0.3 is 0 Å². The van der Waals surface area contributed by atoms with Crippen molar-refractivity contribution < 1.29 is 14.4 Å². The van der Waals surface area contributed by atoms with Crippen LogP contribution in [0.15, 0.2) is 48.5 Å². The Morgan fingerprint density at radius 2 is 1.82 bits per heavy atom. The highest BCUT2D eigenvalue weighted by atomic mass is 35.5. The van der Waals surface area contributed by atoms with Gasteiger partial charge in [-0.2, -0.15) is 5.26 Å². The maximum atomic E-state index is 13.5. The standard InChI is InChI=1S/C26H26ClN3O3/c27-21-8-4-5-18(15-21)13-14-29(25(32)20-6-2-1-3-7-20)23-16-24(31)30(26(23)33)22-11-9-19(17-28)10-12-22/h4-5,8-12,15,20,23H,1-3,6-7,13-14,16H2. The van der Waals surface area contributed by atoms with Crippen LogP contribution in [0.25, 0.3) is 0 Å². The molecule has 2 aliphatic rings. The second kappa shape index (κ2) is 10.2. The molecule has 1 saturated heterocycles. The van der Waals surface area contributed by atoms with E-state index in [1.807, 2.05) is 24.3 Å². The Morgan fingerprint density at radius 3 is 2.48 bits per heavy atom. The lowest BCUT2D eigenvalue weighted by molar-refractivity contribution is -0.142. The summed E-state index contributed by atoms with van der Waals surface area (Å²) in [6, 6.07) is 15.0. The number of hydrogen-bond donors (Lipinski definition) is 0. The van der Waals surface area contributed by atoms with Crippen molar-refractivity contribution in [3.05, 3.63) is 64.7 Å². The van der Waals surface area contributed by atoms with Crippen LogP contribution in [0.3, 0.4) is 0 Å². The van der Waals surface area contributed by atoms with Crippen molar-refractivity contribution in [2.24, 2.45) is 5.92 Å². The molecule has 33 heavy (non-hydrogen) atoms. The first-order valence-corrected chi connectivity index (χ1v) is 11.8. The number of carbonyl (C=O) groups is 3. The van der Waals surface area contributed by atoms with E-state index >= 15 is 0 Å². The third-order valence-corrected chi connectivity index (χ3v) is 6.76. The number of imide groups is 1. The van der Waals surface area contributed by atoms with Crippen molar-refractivity contribution in [1.29, 1.82) is 5.26 Å². The van der Waals surface area contributed by atoms with E-state index in [4.69, 9.17) is 16.9 Å². The summed E-state index contributed by atoms with van der Waals surface area (Å²) in [5, 5.41) is 9.64. The molecule has 0 bridgehead atoms. The van der Waals surface area contributed by atoms with Crippen LogP contribution in [-0.2, 0) is 20.8 Å². The van der Waals surface area contributed by atoms with Crippen LogP contribution in [0.1, 0.15) is 49.7 Å². The van der Waals surface area contributed by atoms with Crippen LogP contribution in [-0.4, -0.2) is 35.2 Å². The molecule has 1 aliphatic heterocycles. The van der Waals surface area contributed by atoms with Crippen molar-refractivity contribution in [2.75, 3.05) is 11.4 Å². The molecule has 1 saturated carbocycles. The van der Waals surface area contributed by atoms with Gasteiger partial charge in [0, 0.05) is 17.5 Å². The Kier molecular flexibility index (Phi) is 7.10. The lowest BCUT2D eigenvalue weighted by Gasteiger charge is -2.32. The number of carbonyl (C=O) groups excluding carboxylic acids is 3. The molecule has 2 aromatic rings. The van der Waals surface area contributed by atoms with Crippen LogP contribution in [0.2, 0.25) is 5.02 Å². The number of nitriles is 1. The second-order valence-corrected chi connectivity index (χ2v) is 9.13. The van der Waals surface area contributed by atoms with Gasteiger partial charge in [-0.3, -0.25) is 14.4 Å². The van der Waals surface area contributed by atoms with Crippen molar-refractivity contribution >= 4 is 35.0 Å². The monoisotopic (exact) mass is 463 g/mol. The number of benzene rings is 2. The molecule has 1 aliphatic carbocycles. The third-order valence-electron chi connectivity index (χ3n) is 6.52. The van der Waals surface area contributed by atoms with Gasteiger partial charge in [0.25, 0.3) is 5.91 Å². The fraction of sp³-hybridized carbons (Fsp3) is 0.385. The fourth-order valence-electron chi connectivity index (χ4n) is 4.76. The first kappa shape index (κ1) is 23.0. The molecule has 7 heteroatoms. The van der Waals surface area contributed by atoms with Gasteiger partial charge in [-0.25, -0.2) is 4.90 Å². The van der Waals surface area contributed by atoms with E-state index in [0.29, 0.717) is 29.2 Å². The van der Waals surface area contributed by atoms with E-state index < -0.39 is 6.04 Å². The molecule has 0 radical (unpaired) electrons. The van der Waals surface area contributed by atoms with Crippen molar-refractivity contribution in [3.8, 4) is 6.07 Å². The van der Waals surface area contributed by atoms with Gasteiger partial charge in [0.05, 0.1) is 23.7 Å². The van der Waals surface area contributed by atoms with Gasteiger partial charge in [-0.15, -0.1) is 0 Å². The van der Waals surface area contributed by atoms with Crippen molar-refractivity contribution in [2.45, 2.75) is 51.0 Å². The number of amides is 3. The Morgan fingerprint density at radius 1 is 1.09 bits per heavy atom. The van der Waals surface area contributed by atoms with Gasteiger partial charge in [0.15, 0.2) is 0 Å². The largest absolute Gasteiger partial charge is 0.330 e. The fourth-order valence-corrected chi connectivity index (χ4v) is 4.97. The smallest absolute Gasteiger partial charge is 0.257 e. The van der Waals surface area contributed by atoms with Crippen LogP contribution >= 0.6 is 11.6 Å². The minimum Gasteiger partial charge on any atom is -0.330 e. The first-order chi connectivity index (χ1) is 16.0. The van der Waals surface area contributed by atoms with Crippen LogP contribution < -0.4 is 4.90 Å². The minimum absolute atomic E-state index is 0.0349. The summed E-state index contributed by atoms with van der Waals surface area (Å²) >= 11 is 6.12. The average Bonchev–Trinajstić information content (AvgIpc) is 3.13. The zero-order valence-electron chi connectivity index (χ0n) is 18.4. The lowest BCUT2D eigenvalue weighted by Crippen LogP contribution is -2.48. The number of nitrogens with zero attached hydrogens (tertiary/aromatic N) is 3. The van der Waals surface area contributed by atoms with E-state index in [9.17, 15) is 14.4 Å². The Labute approximate surface area is 198 Å². The second-order valence-electron chi connectivity index (χ2n) is 8.69. The molecule has 0 aromatic heterocycles. The van der Waals surface area contributed by atoms with E-state index in [0.717, 1.165) is 42.6 Å². The van der Waals surface area contributed by atoms with Gasteiger partial charge in [0.1, 0.15) is 6.04 Å². The summed E-state index contributed by atoms with van der Waals surface area (Å²) in [7, 11) is 0. The van der Waals surface area contributed by atoms with Gasteiger partial charge in [-0.05, 0) is 61.2 Å². The average molecular weight is 464 g/mol. The maximum absolute atomic E-state index is 13.5. The molecule has 0 N–H and O–H groups in total. The molecule has 3 amide bonds. The van der Waals surface area contributed by atoms with Gasteiger partial charge in [0.2, 0.25) is 11.8 Å². The quantitative estimate of drug-likeness (QED) is 0.591. The molecular formula is C26H26ClN3O3. The van der Waals surface area contributed by atoms with Crippen LogP contribution in [0, 0.1) is 17.2 Å². The Balaban J connectivity index is 1.58. The number of halogens is 1. The highest BCUT2D eigenvalue weighted by Gasteiger charge is 2.45. The molecule has 1 unspecified atom stereocenters. The van der Waals surface area contributed by atoms with E-state index in [2.05, 4.69) is 0 Å². The van der Waals surface area contributed by atoms with E-state index in [1.165, 1.54) is 0 Å². The Bertz CT molecular complexity index is 1090. The summed E-state index contributed by atoms with van der Waals surface area (Å²) in [5.74, 6) is -0.867. The van der Waals surface area contributed by atoms with Crippen LogP contribution in [0.5, 0.6) is 0 Å². The zero-order valence-corrected chi connectivity index (χ0v) is 19.1. The molecule has 2 aromatic carbocycles. The number of rotatable bonds is 6. The molecule has 170 valence electrons. The van der Waals surface area contributed by atoms with E-state index in [-0.39, 0.29) is 30.1 Å². The predicted molar refractivity (Wildman–Crippen MR) is 125 cm³/mol. The molecule has 2 fully saturated rings. The summed E-state index contributed by atoms with van der Waals surface area (Å²) < 4.78 is 0. The topological polar surface area (TPSA) is 81.5 Å². The minimum atomic E-state index is -0.818. The summed E-state index contributed by atoms with van der Waals surface area (Å²) in [5.41, 5.74) is 1.85. The van der Waals surface area contributed by atoms with Gasteiger partial charge in [-0.1, -0.05) is 43.0 Å². The molecule has 4 rings (SSSR count). The zero-order chi connectivity index (χ0) is 23.4. The van der Waals surface area contributed by atoms with Crippen molar-refractivity contribution in [1.82, 2.24) is 4.90 Å². The molecule has 6 nitrogen and oxygen atoms in total. The maximum Gasteiger partial charge on any atom is 0.257 e. The predicted octanol–water partition coefficient (Wildman–Crippen LogP) is 4.50. The number of anilines is 1.